The van der Waals surface area contributed by atoms with Gasteiger partial charge in [0, 0.05) is 9.92 Å². The molecule has 0 aliphatic heterocycles. The van der Waals surface area contributed by atoms with Crippen LogP contribution >= 0.6 is 23.4 Å². The van der Waals surface area contributed by atoms with Gasteiger partial charge in [-0.15, -0.1) is 0 Å². The molecule has 0 spiro atoms. The van der Waals surface area contributed by atoms with Crippen molar-refractivity contribution in [2.24, 2.45) is 0 Å². The molecule has 0 aromatic heterocycles. The molecule has 2 aromatic carbocycles. The van der Waals surface area contributed by atoms with Gasteiger partial charge in [-0.3, -0.25) is 4.72 Å². The Morgan fingerprint density at radius 1 is 1.14 bits per heavy atom. The van der Waals surface area contributed by atoms with Gasteiger partial charge in [-0.2, -0.15) is 5.26 Å². The van der Waals surface area contributed by atoms with E-state index < -0.39 is 10.0 Å². The summed E-state index contributed by atoms with van der Waals surface area (Å²) in [5.41, 5.74) is 2.04. The van der Waals surface area contributed by atoms with E-state index in [0.717, 1.165) is 27.8 Å². The average Bonchev–Trinajstić information content (AvgIpc) is 2.44. The van der Waals surface area contributed by atoms with Crippen LogP contribution < -0.4 is 4.72 Å². The number of hydrogen-bond donors (Lipinski definition) is 1. The Hall–Kier alpha value is -1.68. The molecule has 114 valence electrons. The number of sulfonamides is 1. The Balaban J connectivity index is 2.38. The van der Waals surface area contributed by atoms with Gasteiger partial charge in [0.05, 0.1) is 10.6 Å². The first kappa shape index (κ1) is 16.7. The van der Waals surface area contributed by atoms with E-state index in [1.807, 2.05) is 5.40 Å². The number of thiocyanates is 1. The highest BCUT2D eigenvalue weighted by Crippen LogP contribution is 2.29. The van der Waals surface area contributed by atoms with E-state index in [0.29, 0.717) is 10.7 Å². The zero-order valence-electron chi connectivity index (χ0n) is 11.9. The number of halogens is 1. The van der Waals surface area contributed by atoms with E-state index in [4.69, 9.17) is 16.9 Å². The molecule has 0 saturated heterocycles. The van der Waals surface area contributed by atoms with E-state index in [-0.39, 0.29) is 4.90 Å². The number of nitrogens with zero attached hydrogens (tertiary/aromatic N) is 1. The van der Waals surface area contributed by atoms with Crippen LogP contribution in [-0.2, 0) is 10.0 Å². The summed E-state index contributed by atoms with van der Waals surface area (Å²) in [6.07, 6.45) is 0. The van der Waals surface area contributed by atoms with Crippen molar-refractivity contribution < 1.29 is 8.42 Å². The van der Waals surface area contributed by atoms with Crippen molar-refractivity contribution in [3.8, 4) is 5.40 Å². The third-order valence-electron chi connectivity index (χ3n) is 3.03. The van der Waals surface area contributed by atoms with Crippen molar-refractivity contribution in [1.82, 2.24) is 0 Å². The number of anilines is 1. The van der Waals surface area contributed by atoms with Gasteiger partial charge in [0.2, 0.25) is 0 Å². The van der Waals surface area contributed by atoms with Gasteiger partial charge in [-0.25, -0.2) is 8.42 Å². The maximum absolute atomic E-state index is 12.4. The SMILES string of the molecule is Cc1cc(SC#N)cc(C)c1NS(=O)(=O)c1ccc(Cl)cc1. The van der Waals surface area contributed by atoms with Gasteiger partial charge in [0.15, 0.2) is 0 Å². The summed E-state index contributed by atoms with van der Waals surface area (Å²) in [7, 11) is -3.68. The molecule has 0 saturated carbocycles. The Morgan fingerprint density at radius 2 is 1.68 bits per heavy atom. The first-order valence-electron chi connectivity index (χ1n) is 6.29. The number of nitrogens with one attached hydrogen (secondary N) is 1. The van der Waals surface area contributed by atoms with Gasteiger partial charge in [0.1, 0.15) is 5.40 Å². The molecular formula is C15H13ClN2O2S2. The molecular weight excluding hydrogens is 340 g/mol. The lowest BCUT2D eigenvalue weighted by atomic mass is 10.1. The largest absolute Gasteiger partial charge is 0.279 e. The molecule has 0 bridgehead atoms. The van der Waals surface area contributed by atoms with Crippen LogP contribution in [0.2, 0.25) is 5.02 Å². The first-order valence-corrected chi connectivity index (χ1v) is 8.97. The molecule has 2 rings (SSSR count). The predicted octanol–water partition coefficient (Wildman–Crippen LogP) is 4.33. The summed E-state index contributed by atoms with van der Waals surface area (Å²) in [4.78, 5) is 0.929. The highest BCUT2D eigenvalue weighted by Gasteiger charge is 2.17. The van der Waals surface area contributed by atoms with Crippen LogP contribution in [0, 0.1) is 24.5 Å². The predicted molar refractivity (Wildman–Crippen MR) is 89.6 cm³/mol. The van der Waals surface area contributed by atoms with Crippen LogP contribution in [0.3, 0.4) is 0 Å². The number of rotatable bonds is 4. The number of nitriles is 1. The summed E-state index contributed by atoms with van der Waals surface area (Å²) < 4.78 is 27.4. The van der Waals surface area contributed by atoms with Gasteiger partial charge in [-0.1, -0.05) is 11.6 Å². The fourth-order valence-electron chi connectivity index (χ4n) is 2.00. The van der Waals surface area contributed by atoms with Crippen molar-refractivity contribution >= 4 is 39.1 Å². The lowest BCUT2D eigenvalue weighted by Gasteiger charge is -2.14. The van der Waals surface area contributed by atoms with E-state index >= 15 is 0 Å². The minimum absolute atomic E-state index is 0.145. The van der Waals surface area contributed by atoms with Gasteiger partial charge < -0.3 is 0 Å². The van der Waals surface area contributed by atoms with Crippen LogP contribution in [0.5, 0.6) is 0 Å². The molecule has 0 aliphatic rings. The van der Waals surface area contributed by atoms with Crippen LogP contribution in [0.4, 0.5) is 5.69 Å². The van der Waals surface area contributed by atoms with Crippen LogP contribution in [0.1, 0.15) is 11.1 Å². The summed E-state index contributed by atoms with van der Waals surface area (Å²) in [5, 5.41) is 11.2. The molecule has 7 heteroatoms. The molecule has 0 fully saturated rings. The van der Waals surface area contributed by atoms with Crippen LogP contribution in [-0.4, -0.2) is 8.42 Å². The lowest BCUT2D eigenvalue weighted by Crippen LogP contribution is -2.14. The van der Waals surface area contributed by atoms with Crippen molar-refractivity contribution in [3.63, 3.8) is 0 Å². The fraction of sp³-hybridized carbons (Fsp3) is 0.133. The van der Waals surface area contributed by atoms with Gasteiger partial charge >= 0.3 is 0 Å². The molecule has 0 radical (unpaired) electrons. The highest BCUT2D eigenvalue weighted by molar-refractivity contribution is 8.03. The quantitative estimate of drug-likeness (QED) is 0.656. The molecule has 0 aliphatic carbocycles. The van der Waals surface area contributed by atoms with E-state index in [2.05, 4.69) is 4.72 Å². The zero-order chi connectivity index (χ0) is 16.3. The monoisotopic (exact) mass is 352 g/mol. The second-order valence-electron chi connectivity index (χ2n) is 4.68. The number of benzene rings is 2. The maximum atomic E-state index is 12.4. The highest BCUT2D eigenvalue weighted by atomic mass is 35.5. The molecule has 0 atom stereocenters. The molecule has 4 nitrogen and oxygen atoms in total. The van der Waals surface area contributed by atoms with Crippen molar-refractivity contribution in [1.29, 1.82) is 5.26 Å². The average molecular weight is 353 g/mol. The van der Waals surface area contributed by atoms with Crippen LogP contribution in [0.25, 0.3) is 0 Å². The topological polar surface area (TPSA) is 70.0 Å². The second-order valence-corrected chi connectivity index (χ2v) is 7.66. The van der Waals surface area contributed by atoms with Gasteiger partial charge in [0.25, 0.3) is 10.0 Å². The van der Waals surface area contributed by atoms with E-state index in [1.165, 1.54) is 24.3 Å². The summed E-state index contributed by atoms with van der Waals surface area (Å²) in [6, 6.07) is 9.52. The minimum Gasteiger partial charge on any atom is -0.279 e. The molecule has 1 N–H and O–H groups in total. The molecule has 0 unspecified atom stereocenters. The van der Waals surface area contributed by atoms with Gasteiger partial charge in [-0.05, 0) is 73.1 Å². The third-order valence-corrected chi connectivity index (χ3v) is 5.21. The smallest absolute Gasteiger partial charge is 0.261 e. The normalized spacial score (nSPS) is 11.0. The molecule has 0 amide bonds. The minimum atomic E-state index is -3.68. The zero-order valence-corrected chi connectivity index (χ0v) is 14.3. The molecule has 2 aromatic rings. The fourth-order valence-corrected chi connectivity index (χ4v) is 3.91. The first-order chi connectivity index (χ1) is 10.3. The standard InChI is InChI=1S/C15H13ClN2O2S2/c1-10-7-13(21-9-17)8-11(2)15(10)18-22(19,20)14-5-3-12(16)4-6-14/h3-8,18H,1-2H3. The second kappa shape index (κ2) is 6.61. The Kier molecular flexibility index (Phi) is 5.01. The molecule has 22 heavy (non-hydrogen) atoms. The van der Waals surface area contributed by atoms with Crippen molar-refractivity contribution in [2.75, 3.05) is 4.72 Å². The Labute approximate surface area is 139 Å². The third kappa shape index (κ3) is 3.74. The summed E-state index contributed by atoms with van der Waals surface area (Å²) in [6.45, 7) is 3.60. The van der Waals surface area contributed by atoms with Crippen molar-refractivity contribution in [3.05, 3.63) is 52.5 Å². The van der Waals surface area contributed by atoms with E-state index in [9.17, 15) is 8.42 Å². The van der Waals surface area contributed by atoms with Crippen LogP contribution in [0.15, 0.2) is 46.2 Å². The van der Waals surface area contributed by atoms with Crippen molar-refractivity contribution in [2.45, 2.75) is 23.6 Å². The van der Waals surface area contributed by atoms with E-state index in [1.54, 1.807) is 26.0 Å². The summed E-state index contributed by atoms with van der Waals surface area (Å²) >= 11 is 6.82. The Morgan fingerprint density at radius 3 is 2.18 bits per heavy atom. The maximum Gasteiger partial charge on any atom is 0.261 e. The Bertz CT molecular complexity index is 818. The lowest BCUT2D eigenvalue weighted by molar-refractivity contribution is 0.601. The number of thioether (sulfide) groups is 1. The number of hydrogen-bond acceptors (Lipinski definition) is 4. The number of aryl methyl sites for hydroxylation is 2. The molecule has 0 heterocycles. The summed E-state index contributed by atoms with van der Waals surface area (Å²) in [5.74, 6) is 0.